The molecule has 0 aliphatic heterocycles. The average molecular weight is 303 g/mol. The van der Waals surface area contributed by atoms with Crippen molar-refractivity contribution >= 4 is 16.9 Å². The van der Waals surface area contributed by atoms with Crippen molar-refractivity contribution in [2.24, 2.45) is 10.9 Å². The first-order valence-electron chi connectivity index (χ1n) is 7.71. The SMILES string of the molecule is CCNC(=NCC(C)CO)N(C)Cc1cc2ccccc2o1. The number of nitrogens with one attached hydrogen (secondary N) is 1. The van der Waals surface area contributed by atoms with Crippen LogP contribution in [-0.4, -0.2) is 42.7 Å². The highest BCUT2D eigenvalue weighted by atomic mass is 16.3. The predicted molar refractivity (Wildman–Crippen MR) is 89.9 cm³/mol. The molecule has 5 heteroatoms. The first-order chi connectivity index (χ1) is 10.6. The number of hydrogen-bond donors (Lipinski definition) is 2. The number of fused-ring (bicyclic) bond motifs is 1. The van der Waals surface area contributed by atoms with Gasteiger partial charge < -0.3 is 19.7 Å². The number of nitrogens with zero attached hydrogens (tertiary/aromatic N) is 2. The Morgan fingerprint density at radius 2 is 2.18 bits per heavy atom. The van der Waals surface area contributed by atoms with E-state index in [2.05, 4.69) is 16.4 Å². The molecular formula is C17H25N3O2. The van der Waals surface area contributed by atoms with Crippen LogP contribution in [0.15, 0.2) is 39.7 Å². The van der Waals surface area contributed by atoms with Crippen LogP contribution in [0.5, 0.6) is 0 Å². The maximum absolute atomic E-state index is 9.11. The van der Waals surface area contributed by atoms with E-state index in [1.807, 2.05) is 50.1 Å². The van der Waals surface area contributed by atoms with Gasteiger partial charge in [0, 0.05) is 32.1 Å². The van der Waals surface area contributed by atoms with Gasteiger partial charge in [-0.2, -0.15) is 0 Å². The summed E-state index contributed by atoms with van der Waals surface area (Å²) in [6.45, 7) is 6.22. The third-order valence-corrected chi connectivity index (χ3v) is 3.43. The van der Waals surface area contributed by atoms with E-state index in [0.717, 1.165) is 29.2 Å². The Kier molecular flexibility index (Phi) is 5.83. The molecule has 0 radical (unpaired) electrons. The minimum atomic E-state index is 0.149. The van der Waals surface area contributed by atoms with Crippen LogP contribution in [0.2, 0.25) is 0 Å². The fraction of sp³-hybridized carbons (Fsp3) is 0.471. The van der Waals surface area contributed by atoms with Crippen LogP contribution >= 0.6 is 0 Å². The molecule has 2 N–H and O–H groups in total. The largest absolute Gasteiger partial charge is 0.459 e. The van der Waals surface area contributed by atoms with Gasteiger partial charge in [0.2, 0.25) is 0 Å². The van der Waals surface area contributed by atoms with Crippen LogP contribution in [-0.2, 0) is 6.54 Å². The highest BCUT2D eigenvalue weighted by molar-refractivity contribution is 5.80. The maximum atomic E-state index is 9.11. The van der Waals surface area contributed by atoms with Gasteiger partial charge in [-0.15, -0.1) is 0 Å². The first kappa shape index (κ1) is 16.4. The number of aliphatic imine (C=N–C) groups is 1. The van der Waals surface area contributed by atoms with Crippen molar-refractivity contribution < 1.29 is 9.52 Å². The van der Waals surface area contributed by atoms with Gasteiger partial charge in [0.15, 0.2) is 5.96 Å². The van der Waals surface area contributed by atoms with Crippen molar-refractivity contribution in [1.29, 1.82) is 0 Å². The molecule has 0 saturated carbocycles. The smallest absolute Gasteiger partial charge is 0.194 e. The molecule has 22 heavy (non-hydrogen) atoms. The Morgan fingerprint density at radius 1 is 1.41 bits per heavy atom. The minimum Gasteiger partial charge on any atom is -0.459 e. The van der Waals surface area contributed by atoms with Gasteiger partial charge in [0.25, 0.3) is 0 Å². The fourth-order valence-electron chi connectivity index (χ4n) is 2.19. The van der Waals surface area contributed by atoms with Crippen LogP contribution in [0, 0.1) is 5.92 Å². The molecule has 0 aliphatic rings. The fourth-order valence-corrected chi connectivity index (χ4v) is 2.19. The van der Waals surface area contributed by atoms with Gasteiger partial charge in [-0.05, 0) is 25.0 Å². The molecule has 0 bridgehead atoms. The number of para-hydroxylation sites is 1. The lowest BCUT2D eigenvalue weighted by Gasteiger charge is -2.21. The van der Waals surface area contributed by atoms with Crippen LogP contribution in [0.1, 0.15) is 19.6 Å². The zero-order valence-electron chi connectivity index (χ0n) is 13.5. The molecule has 0 saturated heterocycles. The van der Waals surface area contributed by atoms with E-state index < -0.39 is 0 Å². The summed E-state index contributed by atoms with van der Waals surface area (Å²) in [6.07, 6.45) is 0. The number of hydrogen-bond acceptors (Lipinski definition) is 3. The average Bonchev–Trinajstić information content (AvgIpc) is 2.92. The molecule has 5 nitrogen and oxygen atoms in total. The summed E-state index contributed by atoms with van der Waals surface area (Å²) in [5.41, 5.74) is 0.904. The van der Waals surface area contributed by atoms with E-state index in [-0.39, 0.29) is 12.5 Å². The van der Waals surface area contributed by atoms with Crippen molar-refractivity contribution in [3.63, 3.8) is 0 Å². The van der Waals surface area contributed by atoms with Gasteiger partial charge >= 0.3 is 0 Å². The summed E-state index contributed by atoms with van der Waals surface area (Å²) >= 11 is 0. The van der Waals surface area contributed by atoms with Crippen molar-refractivity contribution in [3.8, 4) is 0 Å². The quantitative estimate of drug-likeness (QED) is 0.636. The van der Waals surface area contributed by atoms with Gasteiger partial charge in [0.05, 0.1) is 6.54 Å². The van der Waals surface area contributed by atoms with E-state index in [1.165, 1.54) is 0 Å². The standard InChI is InChI=1S/C17H25N3O2/c1-4-18-17(19-10-13(2)12-21)20(3)11-15-9-14-7-5-6-8-16(14)22-15/h5-9,13,21H,4,10-12H2,1-3H3,(H,18,19). The first-order valence-corrected chi connectivity index (χ1v) is 7.71. The van der Waals surface area contributed by atoms with Gasteiger partial charge in [-0.1, -0.05) is 25.1 Å². The molecule has 120 valence electrons. The van der Waals surface area contributed by atoms with Gasteiger partial charge in [0.1, 0.15) is 11.3 Å². The lowest BCUT2D eigenvalue weighted by atomic mass is 10.2. The van der Waals surface area contributed by atoms with E-state index in [0.29, 0.717) is 13.1 Å². The number of guanidine groups is 1. The summed E-state index contributed by atoms with van der Waals surface area (Å²) in [5.74, 6) is 1.89. The van der Waals surface area contributed by atoms with Crippen LogP contribution in [0.3, 0.4) is 0 Å². The molecule has 1 aromatic carbocycles. The maximum Gasteiger partial charge on any atom is 0.194 e. The number of aliphatic hydroxyl groups is 1. The van der Waals surface area contributed by atoms with E-state index >= 15 is 0 Å². The van der Waals surface area contributed by atoms with Gasteiger partial charge in [-0.25, -0.2) is 0 Å². The molecule has 1 aromatic heterocycles. The highest BCUT2D eigenvalue weighted by Crippen LogP contribution is 2.19. The van der Waals surface area contributed by atoms with Gasteiger partial charge in [-0.3, -0.25) is 4.99 Å². The Morgan fingerprint density at radius 3 is 2.86 bits per heavy atom. The molecule has 2 rings (SSSR count). The Balaban J connectivity index is 2.07. The number of furan rings is 1. The minimum absolute atomic E-state index is 0.149. The monoisotopic (exact) mass is 303 g/mol. The van der Waals surface area contributed by atoms with Crippen molar-refractivity contribution in [3.05, 3.63) is 36.1 Å². The molecule has 0 amide bonds. The summed E-state index contributed by atoms with van der Waals surface area (Å²) in [7, 11) is 1.98. The predicted octanol–water partition coefficient (Wildman–Crippen LogP) is 2.46. The molecule has 0 aliphatic carbocycles. The molecule has 1 atom stereocenters. The van der Waals surface area contributed by atoms with E-state index in [9.17, 15) is 0 Å². The molecule has 1 heterocycles. The second-order valence-corrected chi connectivity index (χ2v) is 5.59. The zero-order valence-corrected chi connectivity index (χ0v) is 13.5. The normalized spacial score (nSPS) is 13.4. The van der Waals surface area contributed by atoms with Crippen molar-refractivity contribution in [2.45, 2.75) is 20.4 Å². The second-order valence-electron chi connectivity index (χ2n) is 5.59. The Bertz CT molecular complexity index is 588. The molecule has 0 spiro atoms. The molecular weight excluding hydrogens is 278 g/mol. The summed E-state index contributed by atoms with van der Waals surface area (Å²) in [6, 6.07) is 10.1. The number of benzene rings is 1. The van der Waals surface area contributed by atoms with E-state index in [1.54, 1.807) is 0 Å². The Hall–Kier alpha value is -2.01. The number of aliphatic hydroxyl groups excluding tert-OH is 1. The number of rotatable bonds is 6. The van der Waals surface area contributed by atoms with Crippen molar-refractivity contribution in [2.75, 3.05) is 26.7 Å². The van der Waals surface area contributed by atoms with Crippen LogP contribution < -0.4 is 5.32 Å². The van der Waals surface area contributed by atoms with E-state index in [4.69, 9.17) is 9.52 Å². The topological polar surface area (TPSA) is 61.0 Å². The highest BCUT2D eigenvalue weighted by Gasteiger charge is 2.10. The van der Waals surface area contributed by atoms with Crippen LogP contribution in [0.4, 0.5) is 0 Å². The third kappa shape index (κ3) is 4.24. The molecule has 1 unspecified atom stereocenters. The molecule has 2 aromatic rings. The Labute approximate surface area is 131 Å². The summed E-state index contributed by atoms with van der Waals surface area (Å²) in [4.78, 5) is 6.60. The van der Waals surface area contributed by atoms with Crippen LogP contribution in [0.25, 0.3) is 11.0 Å². The molecule has 0 fully saturated rings. The third-order valence-electron chi connectivity index (χ3n) is 3.43. The summed E-state index contributed by atoms with van der Waals surface area (Å²) in [5, 5.41) is 13.5. The lowest BCUT2D eigenvalue weighted by Crippen LogP contribution is -2.38. The second kappa shape index (κ2) is 7.84. The lowest BCUT2D eigenvalue weighted by molar-refractivity contribution is 0.241. The van der Waals surface area contributed by atoms with Crippen molar-refractivity contribution in [1.82, 2.24) is 10.2 Å². The zero-order chi connectivity index (χ0) is 15.9. The summed E-state index contributed by atoms with van der Waals surface area (Å²) < 4.78 is 5.85.